The van der Waals surface area contributed by atoms with E-state index < -0.39 is 48.6 Å². The van der Waals surface area contributed by atoms with Crippen LogP contribution in [0.4, 0.5) is 11.4 Å². The lowest BCUT2D eigenvalue weighted by Gasteiger charge is -2.11. The van der Waals surface area contributed by atoms with Crippen molar-refractivity contribution in [3.63, 3.8) is 0 Å². The van der Waals surface area contributed by atoms with Crippen LogP contribution in [0.5, 0.6) is 0 Å². The molecule has 0 amide bonds. The third-order valence-corrected chi connectivity index (χ3v) is 5.74. The summed E-state index contributed by atoms with van der Waals surface area (Å²) in [6, 6.07) is 4.87. The summed E-state index contributed by atoms with van der Waals surface area (Å²) >= 11 is 7.17. The average molecular weight is 527 g/mol. The standard InChI is InChI=1S/C14H8ClIN2O8S/c15-9-2-1-6(3-11(9)18(23)24)17-27(25,26)7-4-8(13(19)20)12(14(21)22)10(16)5-7/h1-5,17H,(H,19,20)(H,21,22). The lowest BCUT2D eigenvalue weighted by molar-refractivity contribution is -0.384. The van der Waals surface area contributed by atoms with Gasteiger partial charge in [-0.15, -0.1) is 0 Å². The first kappa shape index (κ1) is 20.9. The van der Waals surface area contributed by atoms with Crippen molar-refractivity contribution in [2.45, 2.75) is 4.90 Å². The Kier molecular flexibility index (Phi) is 5.91. The van der Waals surface area contributed by atoms with Gasteiger partial charge in [0.2, 0.25) is 0 Å². The first-order chi connectivity index (χ1) is 12.4. The van der Waals surface area contributed by atoms with Gasteiger partial charge in [0.05, 0.1) is 26.6 Å². The SMILES string of the molecule is O=C(O)c1cc(S(=O)(=O)Nc2ccc(Cl)c([N+](=O)[O-])c2)cc(I)c1C(=O)O. The predicted octanol–water partition coefficient (Wildman–Crippen LogP) is 3.05. The molecule has 142 valence electrons. The maximum Gasteiger partial charge on any atom is 0.337 e. The number of rotatable bonds is 6. The van der Waals surface area contributed by atoms with Crippen molar-refractivity contribution < 1.29 is 33.1 Å². The number of carbonyl (C=O) groups is 2. The Labute approximate surface area is 170 Å². The van der Waals surface area contributed by atoms with E-state index in [1.807, 2.05) is 0 Å². The van der Waals surface area contributed by atoms with Gasteiger partial charge in [-0.25, -0.2) is 18.0 Å². The molecule has 13 heteroatoms. The van der Waals surface area contributed by atoms with Gasteiger partial charge in [0, 0.05) is 9.64 Å². The molecule has 0 aliphatic carbocycles. The molecule has 0 heterocycles. The summed E-state index contributed by atoms with van der Waals surface area (Å²) in [5.74, 6) is -3.15. The molecule has 0 aliphatic heterocycles. The van der Waals surface area contributed by atoms with Crippen LogP contribution in [-0.2, 0) is 10.0 Å². The Morgan fingerprint density at radius 2 is 1.78 bits per heavy atom. The van der Waals surface area contributed by atoms with E-state index in [1.165, 1.54) is 28.7 Å². The Balaban J connectivity index is 2.55. The average Bonchev–Trinajstić information content (AvgIpc) is 2.54. The number of aromatic carboxylic acids is 2. The van der Waals surface area contributed by atoms with E-state index in [0.717, 1.165) is 18.2 Å². The molecule has 2 aromatic rings. The summed E-state index contributed by atoms with van der Waals surface area (Å²) in [4.78, 5) is 32.1. The van der Waals surface area contributed by atoms with Crippen molar-refractivity contribution in [3.05, 3.63) is 60.2 Å². The zero-order valence-corrected chi connectivity index (χ0v) is 16.6. The zero-order chi connectivity index (χ0) is 20.5. The minimum Gasteiger partial charge on any atom is -0.478 e. The molecule has 27 heavy (non-hydrogen) atoms. The van der Waals surface area contributed by atoms with Gasteiger partial charge in [0.1, 0.15) is 5.02 Å². The number of carboxylic acid groups (broad SMARTS) is 2. The summed E-state index contributed by atoms with van der Waals surface area (Å²) in [6.07, 6.45) is 0. The van der Waals surface area contributed by atoms with E-state index >= 15 is 0 Å². The highest BCUT2D eigenvalue weighted by molar-refractivity contribution is 14.1. The summed E-state index contributed by atoms with van der Waals surface area (Å²) < 4.78 is 27.0. The Hall–Kier alpha value is -2.45. The van der Waals surface area contributed by atoms with E-state index in [2.05, 4.69) is 4.72 Å². The molecule has 0 unspecified atom stereocenters. The predicted molar refractivity (Wildman–Crippen MR) is 102 cm³/mol. The second kappa shape index (κ2) is 7.66. The number of hydrogen-bond acceptors (Lipinski definition) is 6. The number of nitro groups is 1. The molecule has 0 aliphatic rings. The first-order valence-electron chi connectivity index (χ1n) is 6.71. The van der Waals surface area contributed by atoms with Crippen LogP contribution in [0, 0.1) is 13.7 Å². The fourth-order valence-electron chi connectivity index (χ4n) is 2.05. The fraction of sp³-hybridized carbons (Fsp3) is 0. The Bertz CT molecular complexity index is 1090. The number of benzene rings is 2. The number of nitrogens with one attached hydrogen (secondary N) is 1. The third kappa shape index (κ3) is 4.45. The molecule has 0 bridgehead atoms. The Morgan fingerprint density at radius 1 is 1.15 bits per heavy atom. The lowest BCUT2D eigenvalue weighted by Crippen LogP contribution is -2.17. The minimum atomic E-state index is -4.37. The lowest BCUT2D eigenvalue weighted by atomic mass is 10.1. The van der Waals surface area contributed by atoms with Crippen LogP contribution in [0.15, 0.2) is 35.2 Å². The van der Waals surface area contributed by atoms with Crippen LogP contribution in [0.2, 0.25) is 5.02 Å². The van der Waals surface area contributed by atoms with Gasteiger partial charge in [0.15, 0.2) is 0 Å². The van der Waals surface area contributed by atoms with Crippen LogP contribution < -0.4 is 4.72 Å². The molecule has 0 aromatic heterocycles. The first-order valence-corrected chi connectivity index (χ1v) is 9.65. The van der Waals surface area contributed by atoms with Gasteiger partial charge in [-0.1, -0.05) is 11.6 Å². The molecule has 0 saturated heterocycles. The number of anilines is 1. The molecular formula is C14H8ClIN2O8S. The van der Waals surface area contributed by atoms with Gasteiger partial charge < -0.3 is 10.2 Å². The van der Waals surface area contributed by atoms with Crippen LogP contribution >= 0.6 is 34.2 Å². The molecule has 0 radical (unpaired) electrons. The summed E-state index contributed by atoms with van der Waals surface area (Å²) in [6.45, 7) is 0. The molecule has 0 fully saturated rings. The van der Waals surface area contributed by atoms with Gasteiger partial charge in [-0.3, -0.25) is 14.8 Å². The van der Waals surface area contributed by atoms with Gasteiger partial charge in [-0.2, -0.15) is 0 Å². The summed E-state index contributed by atoms with van der Waals surface area (Å²) in [5, 5.41) is 29.0. The van der Waals surface area contributed by atoms with E-state index in [-0.39, 0.29) is 14.3 Å². The van der Waals surface area contributed by atoms with E-state index in [4.69, 9.17) is 16.7 Å². The zero-order valence-electron chi connectivity index (χ0n) is 12.8. The van der Waals surface area contributed by atoms with Crippen molar-refractivity contribution in [3.8, 4) is 0 Å². The second-order valence-electron chi connectivity index (χ2n) is 4.97. The quantitative estimate of drug-likeness (QED) is 0.294. The maximum atomic E-state index is 12.5. The van der Waals surface area contributed by atoms with E-state index in [1.54, 1.807) is 0 Å². The molecule has 2 aromatic carbocycles. The van der Waals surface area contributed by atoms with Crippen LogP contribution in [0.1, 0.15) is 20.7 Å². The number of nitrogens with zero attached hydrogens (tertiary/aromatic N) is 1. The minimum absolute atomic E-state index is 0.109. The monoisotopic (exact) mass is 526 g/mol. The van der Waals surface area contributed by atoms with Gasteiger partial charge in [0.25, 0.3) is 15.7 Å². The Morgan fingerprint density at radius 3 is 2.30 bits per heavy atom. The maximum absolute atomic E-state index is 12.5. The number of sulfonamides is 1. The highest BCUT2D eigenvalue weighted by atomic mass is 127. The van der Waals surface area contributed by atoms with Crippen molar-refractivity contribution in [2.75, 3.05) is 4.72 Å². The molecule has 2 rings (SSSR count). The van der Waals surface area contributed by atoms with Crippen molar-refractivity contribution >= 4 is 67.5 Å². The molecule has 0 spiro atoms. The van der Waals surface area contributed by atoms with Crippen LogP contribution in [-0.4, -0.2) is 35.5 Å². The van der Waals surface area contributed by atoms with Crippen molar-refractivity contribution in [1.29, 1.82) is 0 Å². The number of nitro benzene ring substituents is 1. The van der Waals surface area contributed by atoms with Crippen LogP contribution in [0.25, 0.3) is 0 Å². The van der Waals surface area contributed by atoms with Crippen molar-refractivity contribution in [1.82, 2.24) is 0 Å². The second-order valence-corrected chi connectivity index (χ2v) is 8.22. The number of hydrogen-bond donors (Lipinski definition) is 3. The molecule has 10 nitrogen and oxygen atoms in total. The van der Waals surface area contributed by atoms with Gasteiger partial charge >= 0.3 is 11.9 Å². The molecule has 3 N–H and O–H groups in total. The molecular weight excluding hydrogens is 519 g/mol. The van der Waals surface area contributed by atoms with Gasteiger partial charge in [-0.05, 0) is 46.9 Å². The van der Waals surface area contributed by atoms with Crippen molar-refractivity contribution in [2.24, 2.45) is 0 Å². The number of halogens is 2. The molecule has 0 atom stereocenters. The third-order valence-electron chi connectivity index (χ3n) is 3.21. The molecule has 0 saturated carbocycles. The normalized spacial score (nSPS) is 11.0. The smallest absolute Gasteiger partial charge is 0.337 e. The summed E-state index contributed by atoms with van der Waals surface area (Å²) in [5.41, 5.74) is -1.97. The fourth-order valence-corrected chi connectivity index (χ4v) is 4.41. The topological polar surface area (TPSA) is 164 Å². The van der Waals surface area contributed by atoms with Crippen LogP contribution in [0.3, 0.4) is 0 Å². The largest absolute Gasteiger partial charge is 0.478 e. The van der Waals surface area contributed by atoms with E-state index in [0.29, 0.717) is 6.07 Å². The van der Waals surface area contributed by atoms with E-state index in [9.17, 15) is 33.2 Å². The highest BCUT2D eigenvalue weighted by Gasteiger charge is 2.25. The highest BCUT2D eigenvalue weighted by Crippen LogP contribution is 2.29. The number of carboxylic acids is 2. The summed E-state index contributed by atoms with van der Waals surface area (Å²) in [7, 11) is -4.37.